The molecule has 1 aliphatic carbocycles. The number of aromatic amines is 1. The van der Waals surface area contributed by atoms with Gasteiger partial charge in [0.25, 0.3) is 0 Å². The molecule has 2 N–H and O–H groups in total. The van der Waals surface area contributed by atoms with Gasteiger partial charge in [-0.3, -0.25) is 9.59 Å². The van der Waals surface area contributed by atoms with Gasteiger partial charge in [0.2, 0.25) is 17.2 Å². The molecule has 2 heterocycles. The number of para-hydroxylation sites is 2. The summed E-state index contributed by atoms with van der Waals surface area (Å²) in [5.74, 6) is 0.374. The molecule has 8 nitrogen and oxygen atoms in total. The molecule has 182 valence electrons. The monoisotopic (exact) mass is 495 g/mol. The van der Waals surface area contributed by atoms with Crippen LogP contribution in [0.15, 0.2) is 42.1 Å². The number of hydrogen-bond acceptors (Lipinski definition) is 7. The number of fused-ring (bicyclic) bond motifs is 2. The van der Waals surface area contributed by atoms with E-state index in [9.17, 15) is 9.59 Å². The van der Waals surface area contributed by atoms with E-state index < -0.39 is 23.1 Å². The van der Waals surface area contributed by atoms with Gasteiger partial charge < -0.3 is 24.5 Å². The summed E-state index contributed by atoms with van der Waals surface area (Å²) in [4.78, 5) is 34.8. The van der Waals surface area contributed by atoms with Gasteiger partial charge in [-0.05, 0) is 25.0 Å². The number of carbonyl (C=O) groups excluding carboxylic acids is 2. The highest BCUT2D eigenvalue weighted by molar-refractivity contribution is 6.36. The molecule has 0 fully saturated rings. The smallest absolute Gasteiger partial charge is 0.236 e. The van der Waals surface area contributed by atoms with E-state index in [0.717, 1.165) is 35.4 Å². The number of nitrogens with zero attached hydrogens (tertiary/aromatic N) is 1. The number of hydrogen-bond donors (Lipinski definition) is 2. The fourth-order valence-corrected chi connectivity index (χ4v) is 5.15. The van der Waals surface area contributed by atoms with E-state index in [1.807, 2.05) is 31.2 Å². The second-order valence-corrected chi connectivity index (χ2v) is 9.21. The number of halogens is 1. The Morgan fingerprint density at radius 3 is 2.71 bits per heavy atom. The number of imidazole rings is 1. The van der Waals surface area contributed by atoms with E-state index in [-0.39, 0.29) is 22.1 Å². The number of ether oxygens (including phenoxy) is 3. The Bertz CT molecular complexity index is 1330. The van der Waals surface area contributed by atoms with Crippen LogP contribution in [-0.4, -0.2) is 47.9 Å². The van der Waals surface area contributed by atoms with Crippen molar-refractivity contribution in [2.45, 2.75) is 31.8 Å². The third-order valence-electron chi connectivity index (χ3n) is 6.69. The molecular formula is C26H26ClN3O5. The number of H-pyrrole nitrogens is 1. The molecule has 1 aliphatic heterocycles. The van der Waals surface area contributed by atoms with Crippen LogP contribution in [0.5, 0.6) is 17.2 Å². The quantitative estimate of drug-likeness (QED) is 0.373. The topological polar surface area (TPSA) is 103 Å². The summed E-state index contributed by atoms with van der Waals surface area (Å²) >= 11 is 6.43. The number of ketones is 2. The normalized spacial score (nSPS) is 21.1. The standard InChI is InChI=1S/C26H26ClN3O5/c1-14-11-15(28-10-6-9-21-29-16-7-4-5-8-17(16)30-21)12-20(31)26(14)25(32)22-18(33-2)13-19(34-3)23(27)24(22)35-26/h4-5,7-8,12-14,28H,6,9-11H2,1-3H3,(H,29,30)/t14-,26+/m1/s1. The summed E-state index contributed by atoms with van der Waals surface area (Å²) in [5.41, 5.74) is 1.26. The average molecular weight is 496 g/mol. The summed E-state index contributed by atoms with van der Waals surface area (Å²) in [7, 11) is 2.91. The number of nitrogens with one attached hydrogen (secondary N) is 2. The van der Waals surface area contributed by atoms with Crippen molar-refractivity contribution in [3.8, 4) is 17.2 Å². The lowest BCUT2D eigenvalue weighted by molar-refractivity contribution is -0.129. The minimum Gasteiger partial charge on any atom is -0.496 e. The molecule has 35 heavy (non-hydrogen) atoms. The third kappa shape index (κ3) is 3.72. The van der Waals surface area contributed by atoms with Gasteiger partial charge in [0.15, 0.2) is 5.75 Å². The van der Waals surface area contributed by atoms with Crippen molar-refractivity contribution < 1.29 is 23.8 Å². The van der Waals surface area contributed by atoms with E-state index in [4.69, 9.17) is 25.8 Å². The third-order valence-corrected chi connectivity index (χ3v) is 7.05. The highest BCUT2D eigenvalue weighted by Gasteiger charge is 2.60. The van der Waals surface area contributed by atoms with Gasteiger partial charge in [0.05, 0.1) is 25.3 Å². The number of aryl methyl sites for hydroxylation is 1. The first-order chi connectivity index (χ1) is 16.9. The van der Waals surface area contributed by atoms with Gasteiger partial charge in [-0.15, -0.1) is 0 Å². The van der Waals surface area contributed by atoms with Crippen LogP contribution in [0, 0.1) is 5.92 Å². The average Bonchev–Trinajstić information content (AvgIpc) is 3.41. The molecule has 0 bridgehead atoms. The van der Waals surface area contributed by atoms with Crippen LogP contribution < -0.4 is 19.5 Å². The number of rotatable bonds is 7. The van der Waals surface area contributed by atoms with Crippen molar-refractivity contribution >= 4 is 34.2 Å². The number of benzene rings is 2. The van der Waals surface area contributed by atoms with Gasteiger partial charge in [-0.1, -0.05) is 30.7 Å². The Labute approximate surface area is 207 Å². The van der Waals surface area contributed by atoms with Crippen LogP contribution >= 0.6 is 11.6 Å². The molecule has 9 heteroatoms. The minimum atomic E-state index is -1.66. The van der Waals surface area contributed by atoms with Gasteiger partial charge in [-0.25, -0.2) is 4.98 Å². The Hall–Kier alpha value is -3.52. The largest absolute Gasteiger partial charge is 0.496 e. The maximum Gasteiger partial charge on any atom is 0.236 e. The molecule has 1 spiro atoms. The summed E-state index contributed by atoms with van der Waals surface area (Å²) in [6, 6.07) is 9.46. The molecule has 5 rings (SSSR count). The maximum absolute atomic E-state index is 13.5. The van der Waals surface area contributed by atoms with Gasteiger partial charge in [-0.2, -0.15) is 0 Å². The lowest BCUT2D eigenvalue weighted by Gasteiger charge is -2.35. The van der Waals surface area contributed by atoms with Crippen molar-refractivity contribution in [1.29, 1.82) is 0 Å². The second kappa shape index (κ2) is 8.92. The molecule has 2 aliphatic rings. The summed E-state index contributed by atoms with van der Waals surface area (Å²) in [6.07, 6.45) is 3.56. The molecule has 2 aromatic carbocycles. The first-order valence-corrected chi connectivity index (χ1v) is 11.9. The van der Waals surface area contributed by atoms with Crippen molar-refractivity contribution in [1.82, 2.24) is 15.3 Å². The molecule has 0 unspecified atom stereocenters. The Morgan fingerprint density at radius 2 is 2.00 bits per heavy atom. The molecular weight excluding hydrogens is 470 g/mol. The van der Waals surface area contributed by atoms with Gasteiger partial charge >= 0.3 is 0 Å². The van der Waals surface area contributed by atoms with E-state index in [1.165, 1.54) is 26.4 Å². The zero-order valence-electron chi connectivity index (χ0n) is 19.7. The van der Waals surface area contributed by atoms with E-state index in [1.54, 1.807) is 0 Å². The Morgan fingerprint density at radius 1 is 1.23 bits per heavy atom. The highest BCUT2D eigenvalue weighted by Crippen LogP contribution is 2.52. The zero-order chi connectivity index (χ0) is 24.7. The first-order valence-electron chi connectivity index (χ1n) is 11.5. The van der Waals surface area contributed by atoms with Crippen LogP contribution in [0.2, 0.25) is 5.02 Å². The zero-order valence-corrected chi connectivity index (χ0v) is 20.5. The SMILES string of the molecule is COc1cc(OC)c2c(c1Cl)O[C@@]1(C(=O)C=C(NCCCc3nc4ccccc4[nH]3)C[C@H]1C)C2=O. The molecule has 0 saturated carbocycles. The van der Waals surface area contributed by atoms with Gasteiger partial charge in [0.1, 0.15) is 27.9 Å². The Balaban J connectivity index is 1.29. The van der Waals surface area contributed by atoms with Crippen LogP contribution in [-0.2, 0) is 11.2 Å². The van der Waals surface area contributed by atoms with Crippen molar-refractivity contribution in [3.05, 3.63) is 58.5 Å². The van der Waals surface area contributed by atoms with Crippen molar-refractivity contribution in [2.24, 2.45) is 5.92 Å². The van der Waals surface area contributed by atoms with E-state index >= 15 is 0 Å². The number of allylic oxidation sites excluding steroid dienone is 1. The molecule has 0 radical (unpaired) electrons. The number of methoxy groups -OCH3 is 2. The molecule has 0 saturated heterocycles. The maximum atomic E-state index is 13.5. The predicted octanol–water partition coefficient (Wildman–Crippen LogP) is 4.26. The van der Waals surface area contributed by atoms with Crippen molar-refractivity contribution in [2.75, 3.05) is 20.8 Å². The number of Topliss-reactive ketones (excluding diaryl/α,β-unsaturated/α-hetero) is 1. The highest BCUT2D eigenvalue weighted by atomic mass is 35.5. The molecule has 0 amide bonds. The van der Waals surface area contributed by atoms with Gasteiger partial charge in [0, 0.05) is 36.7 Å². The van der Waals surface area contributed by atoms with E-state index in [2.05, 4.69) is 15.3 Å². The molecule has 2 atom stereocenters. The summed E-state index contributed by atoms with van der Waals surface area (Å²) in [6.45, 7) is 2.50. The molecule has 1 aromatic heterocycles. The second-order valence-electron chi connectivity index (χ2n) is 8.84. The fraction of sp³-hybridized carbons (Fsp3) is 0.346. The lowest BCUT2D eigenvalue weighted by atomic mass is 9.74. The molecule has 3 aromatic rings. The lowest BCUT2D eigenvalue weighted by Crippen LogP contribution is -2.55. The van der Waals surface area contributed by atoms with Crippen LogP contribution in [0.25, 0.3) is 11.0 Å². The van der Waals surface area contributed by atoms with Crippen LogP contribution in [0.1, 0.15) is 35.9 Å². The fourth-order valence-electron chi connectivity index (χ4n) is 4.88. The van der Waals surface area contributed by atoms with E-state index in [0.29, 0.717) is 18.7 Å². The minimum absolute atomic E-state index is 0.128. The summed E-state index contributed by atoms with van der Waals surface area (Å²) in [5, 5.41) is 3.49. The van der Waals surface area contributed by atoms with Crippen LogP contribution in [0.4, 0.5) is 0 Å². The summed E-state index contributed by atoms with van der Waals surface area (Å²) < 4.78 is 16.7. The van der Waals surface area contributed by atoms with Crippen LogP contribution in [0.3, 0.4) is 0 Å². The predicted molar refractivity (Wildman–Crippen MR) is 132 cm³/mol. The number of aromatic nitrogens is 2. The first kappa shape index (κ1) is 23.2. The Kier molecular flexibility index (Phi) is 5.92. The van der Waals surface area contributed by atoms with Crippen molar-refractivity contribution in [3.63, 3.8) is 0 Å². The number of carbonyl (C=O) groups is 2.